The van der Waals surface area contributed by atoms with E-state index < -0.39 is 0 Å². The van der Waals surface area contributed by atoms with Crippen LogP contribution in [-0.2, 0) is 6.42 Å². The van der Waals surface area contributed by atoms with E-state index in [1.165, 1.54) is 6.07 Å². The zero-order valence-corrected chi connectivity index (χ0v) is 12.2. The van der Waals surface area contributed by atoms with E-state index in [4.69, 9.17) is 5.73 Å². The fraction of sp³-hybridized carbons (Fsp3) is 0.250. The van der Waals surface area contributed by atoms with E-state index in [2.05, 4.69) is 15.9 Å². The molecule has 0 fully saturated rings. The van der Waals surface area contributed by atoms with Crippen molar-refractivity contribution in [1.29, 1.82) is 0 Å². The van der Waals surface area contributed by atoms with E-state index in [0.29, 0.717) is 0 Å². The molecule has 0 aromatic heterocycles. The van der Waals surface area contributed by atoms with E-state index in [9.17, 15) is 4.39 Å². The molecule has 100 valence electrons. The van der Waals surface area contributed by atoms with Crippen LogP contribution in [0.2, 0.25) is 0 Å². The average molecular weight is 322 g/mol. The topological polar surface area (TPSA) is 26.0 Å². The fourth-order valence-electron chi connectivity index (χ4n) is 2.10. The number of aryl methyl sites for hydroxylation is 1. The monoisotopic (exact) mass is 321 g/mol. The average Bonchev–Trinajstić information content (AvgIpc) is 2.42. The van der Waals surface area contributed by atoms with E-state index in [1.54, 1.807) is 0 Å². The molecule has 0 amide bonds. The molecule has 2 aromatic carbocycles. The van der Waals surface area contributed by atoms with Crippen molar-refractivity contribution in [1.82, 2.24) is 0 Å². The van der Waals surface area contributed by atoms with Crippen LogP contribution in [0.4, 0.5) is 4.39 Å². The van der Waals surface area contributed by atoms with Gasteiger partial charge in [0.1, 0.15) is 5.82 Å². The number of rotatable bonds is 5. The highest BCUT2D eigenvalue weighted by molar-refractivity contribution is 9.10. The van der Waals surface area contributed by atoms with Gasteiger partial charge in [-0.1, -0.05) is 52.3 Å². The predicted octanol–water partition coefficient (Wildman–Crippen LogP) is 4.61. The summed E-state index contributed by atoms with van der Waals surface area (Å²) in [7, 11) is 0. The van der Waals surface area contributed by atoms with Gasteiger partial charge in [-0.15, -0.1) is 0 Å². The molecule has 0 bridgehead atoms. The van der Waals surface area contributed by atoms with Gasteiger partial charge in [-0.05, 0) is 42.5 Å². The fourth-order valence-corrected chi connectivity index (χ4v) is 2.44. The Hall–Kier alpha value is -1.19. The van der Waals surface area contributed by atoms with E-state index in [-0.39, 0.29) is 11.9 Å². The molecule has 0 saturated heterocycles. The first-order valence-electron chi connectivity index (χ1n) is 6.41. The van der Waals surface area contributed by atoms with Gasteiger partial charge in [0.15, 0.2) is 0 Å². The second-order valence-electron chi connectivity index (χ2n) is 4.65. The van der Waals surface area contributed by atoms with Crippen LogP contribution in [0.1, 0.15) is 30.0 Å². The molecule has 0 aliphatic heterocycles. The van der Waals surface area contributed by atoms with Crippen LogP contribution in [0, 0.1) is 5.82 Å². The summed E-state index contributed by atoms with van der Waals surface area (Å²) in [5, 5.41) is 0. The lowest BCUT2D eigenvalue weighted by Crippen LogP contribution is -2.10. The van der Waals surface area contributed by atoms with Crippen molar-refractivity contribution in [2.75, 3.05) is 0 Å². The lowest BCUT2D eigenvalue weighted by Gasteiger charge is -2.12. The van der Waals surface area contributed by atoms with Gasteiger partial charge >= 0.3 is 0 Å². The standard InChI is InChI=1S/C16H17BrFN/c17-14-10-9-12(15(18)11-14)7-4-8-16(19)13-5-2-1-3-6-13/h1-3,5-6,9-11,16H,4,7-8,19H2. The van der Waals surface area contributed by atoms with Crippen molar-refractivity contribution in [3.05, 3.63) is 69.9 Å². The second kappa shape index (κ2) is 6.83. The molecule has 2 aromatic rings. The summed E-state index contributed by atoms with van der Waals surface area (Å²) in [6, 6.07) is 15.3. The largest absolute Gasteiger partial charge is 0.324 e. The van der Waals surface area contributed by atoms with E-state index >= 15 is 0 Å². The molecule has 0 radical (unpaired) electrons. The summed E-state index contributed by atoms with van der Waals surface area (Å²) < 4.78 is 14.4. The number of hydrogen-bond acceptors (Lipinski definition) is 1. The van der Waals surface area contributed by atoms with E-state index in [0.717, 1.165) is 34.9 Å². The summed E-state index contributed by atoms with van der Waals surface area (Å²) in [4.78, 5) is 0. The Labute approximate surface area is 121 Å². The maximum atomic E-state index is 13.6. The molecule has 1 nitrogen and oxygen atoms in total. The Morgan fingerprint density at radius 2 is 1.84 bits per heavy atom. The molecule has 0 saturated carbocycles. The SMILES string of the molecule is NC(CCCc1ccc(Br)cc1F)c1ccccc1. The Morgan fingerprint density at radius 3 is 2.53 bits per heavy atom. The smallest absolute Gasteiger partial charge is 0.127 e. The van der Waals surface area contributed by atoms with Crippen LogP contribution >= 0.6 is 15.9 Å². The Morgan fingerprint density at radius 1 is 1.11 bits per heavy atom. The molecular formula is C16H17BrFN. The van der Waals surface area contributed by atoms with Crippen LogP contribution in [0.15, 0.2) is 53.0 Å². The molecule has 3 heteroatoms. The quantitative estimate of drug-likeness (QED) is 0.855. The molecule has 1 unspecified atom stereocenters. The normalized spacial score (nSPS) is 12.4. The molecular weight excluding hydrogens is 305 g/mol. The highest BCUT2D eigenvalue weighted by Gasteiger charge is 2.07. The minimum Gasteiger partial charge on any atom is -0.324 e. The van der Waals surface area contributed by atoms with Crippen LogP contribution in [-0.4, -0.2) is 0 Å². The third-order valence-corrected chi connectivity index (χ3v) is 3.70. The molecule has 0 aliphatic rings. The minimum atomic E-state index is -0.150. The first-order valence-corrected chi connectivity index (χ1v) is 7.20. The summed E-state index contributed by atoms with van der Waals surface area (Å²) >= 11 is 3.26. The lowest BCUT2D eigenvalue weighted by molar-refractivity contribution is 0.577. The van der Waals surface area contributed by atoms with Gasteiger partial charge in [-0.25, -0.2) is 4.39 Å². The molecule has 0 heterocycles. The highest BCUT2D eigenvalue weighted by Crippen LogP contribution is 2.20. The lowest BCUT2D eigenvalue weighted by atomic mass is 10.00. The Balaban J connectivity index is 1.86. The Bertz CT molecular complexity index is 528. The van der Waals surface area contributed by atoms with Gasteiger partial charge in [0.25, 0.3) is 0 Å². The Kier molecular flexibility index (Phi) is 5.11. The zero-order chi connectivity index (χ0) is 13.7. The van der Waals surface area contributed by atoms with Crippen LogP contribution in [0.3, 0.4) is 0 Å². The van der Waals surface area contributed by atoms with Crippen LogP contribution < -0.4 is 5.73 Å². The van der Waals surface area contributed by atoms with Crippen molar-refractivity contribution >= 4 is 15.9 Å². The summed E-state index contributed by atoms with van der Waals surface area (Å²) in [5.41, 5.74) is 8.01. The van der Waals surface area contributed by atoms with Gasteiger partial charge in [-0.3, -0.25) is 0 Å². The number of halogens is 2. The summed E-state index contributed by atoms with van der Waals surface area (Å²) in [6.45, 7) is 0. The van der Waals surface area contributed by atoms with Crippen molar-refractivity contribution in [3.8, 4) is 0 Å². The van der Waals surface area contributed by atoms with Gasteiger partial charge in [0, 0.05) is 10.5 Å². The third-order valence-electron chi connectivity index (χ3n) is 3.20. The van der Waals surface area contributed by atoms with E-state index in [1.807, 2.05) is 42.5 Å². The zero-order valence-electron chi connectivity index (χ0n) is 10.7. The van der Waals surface area contributed by atoms with Crippen molar-refractivity contribution in [3.63, 3.8) is 0 Å². The number of hydrogen-bond donors (Lipinski definition) is 1. The molecule has 1 atom stereocenters. The molecule has 2 rings (SSSR count). The molecule has 0 aliphatic carbocycles. The minimum absolute atomic E-state index is 0.0275. The summed E-state index contributed by atoms with van der Waals surface area (Å²) in [6.07, 6.45) is 2.47. The molecule has 19 heavy (non-hydrogen) atoms. The highest BCUT2D eigenvalue weighted by atomic mass is 79.9. The van der Waals surface area contributed by atoms with Crippen molar-refractivity contribution in [2.45, 2.75) is 25.3 Å². The van der Waals surface area contributed by atoms with Crippen LogP contribution in [0.5, 0.6) is 0 Å². The summed E-state index contributed by atoms with van der Waals surface area (Å²) in [5.74, 6) is -0.150. The van der Waals surface area contributed by atoms with Gasteiger partial charge in [0.2, 0.25) is 0 Å². The van der Waals surface area contributed by atoms with Gasteiger partial charge < -0.3 is 5.73 Å². The third kappa shape index (κ3) is 4.15. The van der Waals surface area contributed by atoms with Gasteiger partial charge in [-0.2, -0.15) is 0 Å². The maximum absolute atomic E-state index is 13.6. The maximum Gasteiger partial charge on any atom is 0.127 e. The predicted molar refractivity (Wildman–Crippen MR) is 80.4 cm³/mol. The first-order chi connectivity index (χ1) is 9.16. The second-order valence-corrected chi connectivity index (χ2v) is 5.56. The molecule has 2 N–H and O–H groups in total. The van der Waals surface area contributed by atoms with Gasteiger partial charge in [0.05, 0.1) is 0 Å². The molecule has 0 spiro atoms. The van der Waals surface area contributed by atoms with Crippen LogP contribution in [0.25, 0.3) is 0 Å². The number of nitrogens with two attached hydrogens (primary N) is 1. The number of benzene rings is 2. The first kappa shape index (κ1) is 14.2. The van der Waals surface area contributed by atoms with Crippen molar-refractivity contribution in [2.24, 2.45) is 5.73 Å². The van der Waals surface area contributed by atoms with Crippen molar-refractivity contribution < 1.29 is 4.39 Å².